The maximum atomic E-state index is 12.3. The van der Waals surface area contributed by atoms with E-state index < -0.39 is 22.5 Å². The summed E-state index contributed by atoms with van der Waals surface area (Å²) in [7, 11) is -3.93. The third-order valence-corrected chi connectivity index (χ3v) is 5.17. The smallest absolute Gasteiger partial charge is 0.271 e. The average molecular weight is 391 g/mol. The Morgan fingerprint density at radius 3 is 2.30 bits per heavy atom. The molecular weight excluding hydrogens is 366 g/mol. The largest absolute Gasteiger partial charge is 0.493 e. The number of amides is 1. The number of hydrogen-bond acceptors (Lipinski definition) is 5. The Labute approximate surface area is 160 Å². The van der Waals surface area contributed by atoms with Crippen LogP contribution in [0, 0.1) is 19.8 Å². The lowest BCUT2D eigenvalue weighted by molar-refractivity contribution is -0.121. The zero-order valence-electron chi connectivity index (χ0n) is 16.0. The highest BCUT2D eigenvalue weighted by Crippen LogP contribution is 2.20. The van der Waals surface area contributed by atoms with E-state index >= 15 is 0 Å². The first kappa shape index (κ1) is 20.8. The van der Waals surface area contributed by atoms with Gasteiger partial charge in [-0.2, -0.15) is 0 Å². The zero-order valence-corrected chi connectivity index (χ0v) is 16.8. The number of benzene rings is 2. The van der Waals surface area contributed by atoms with Crippen LogP contribution in [0.1, 0.15) is 25.0 Å². The monoisotopic (exact) mass is 391 g/mol. The van der Waals surface area contributed by atoms with Crippen molar-refractivity contribution < 1.29 is 22.7 Å². The molecule has 0 saturated heterocycles. The Kier molecular flexibility index (Phi) is 6.85. The van der Waals surface area contributed by atoms with E-state index in [1.54, 1.807) is 30.3 Å². The number of aryl methyl sites for hydroxylation is 2. The van der Waals surface area contributed by atoms with E-state index in [1.165, 1.54) is 12.1 Å². The van der Waals surface area contributed by atoms with Gasteiger partial charge in [-0.15, -0.1) is 0 Å². The van der Waals surface area contributed by atoms with Gasteiger partial charge in [0.2, 0.25) is 0 Å². The van der Waals surface area contributed by atoms with Gasteiger partial charge in [0.15, 0.2) is 6.61 Å². The molecule has 0 bridgehead atoms. The van der Waals surface area contributed by atoms with Crippen LogP contribution in [0.2, 0.25) is 0 Å². The average Bonchev–Trinajstić information content (AvgIpc) is 2.60. The molecule has 0 spiro atoms. The number of rotatable bonds is 8. The van der Waals surface area contributed by atoms with Crippen molar-refractivity contribution in [3.63, 3.8) is 0 Å². The van der Waals surface area contributed by atoms with E-state index in [4.69, 9.17) is 9.47 Å². The van der Waals surface area contributed by atoms with E-state index in [0.29, 0.717) is 24.0 Å². The molecule has 0 heterocycles. The minimum atomic E-state index is -3.93. The molecule has 6 nitrogen and oxygen atoms in total. The van der Waals surface area contributed by atoms with Crippen LogP contribution in [0.25, 0.3) is 0 Å². The van der Waals surface area contributed by atoms with Gasteiger partial charge in [-0.3, -0.25) is 4.79 Å². The Morgan fingerprint density at radius 1 is 1.00 bits per heavy atom. The van der Waals surface area contributed by atoms with Gasteiger partial charge in [-0.1, -0.05) is 26.0 Å². The van der Waals surface area contributed by atoms with Crippen LogP contribution >= 0.6 is 0 Å². The summed E-state index contributed by atoms with van der Waals surface area (Å²) >= 11 is 0. The Bertz CT molecular complexity index is 906. The van der Waals surface area contributed by atoms with E-state index in [1.807, 2.05) is 32.4 Å². The summed E-state index contributed by atoms with van der Waals surface area (Å²) in [4.78, 5) is 12.1. The van der Waals surface area contributed by atoms with Gasteiger partial charge in [0.05, 0.1) is 11.5 Å². The molecule has 0 aromatic heterocycles. The molecule has 7 heteroatoms. The zero-order chi connectivity index (χ0) is 20.0. The van der Waals surface area contributed by atoms with Crippen LogP contribution in [-0.2, 0) is 14.8 Å². The van der Waals surface area contributed by atoms with Crippen LogP contribution in [0.3, 0.4) is 0 Å². The molecule has 27 heavy (non-hydrogen) atoms. The predicted molar refractivity (Wildman–Crippen MR) is 104 cm³/mol. The van der Waals surface area contributed by atoms with Crippen molar-refractivity contribution in [2.45, 2.75) is 32.6 Å². The Morgan fingerprint density at radius 2 is 1.67 bits per heavy atom. The van der Waals surface area contributed by atoms with Gasteiger partial charge in [0.25, 0.3) is 15.9 Å². The molecule has 0 aliphatic carbocycles. The lowest BCUT2D eigenvalue weighted by atomic mass is 10.1. The second kappa shape index (κ2) is 8.90. The number of carbonyl (C=O) groups excluding carboxylic acids is 1. The number of sulfonamides is 1. The number of carbonyl (C=O) groups is 1. The molecule has 2 rings (SSSR count). The fourth-order valence-corrected chi connectivity index (χ4v) is 3.24. The molecule has 0 aliphatic rings. The topological polar surface area (TPSA) is 81.7 Å². The molecule has 0 saturated carbocycles. The Balaban J connectivity index is 1.95. The van der Waals surface area contributed by atoms with E-state index in [-0.39, 0.29) is 4.90 Å². The number of hydrogen-bond donors (Lipinski definition) is 1. The van der Waals surface area contributed by atoms with Crippen molar-refractivity contribution in [1.29, 1.82) is 0 Å². The summed E-state index contributed by atoms with van der Waals surface area (Å²) in [5.74, 6) is 0.692. The van der Waals surface area contributed by atoms with Crippen molar-refractivity contribution in [2.24, 2.45) is 5.92 Å². The fourth-order valence-electron chi connectivity index (χ4n) is 2.18. The fraction of sp³-hybridized carbons (Fsp3) is 0.350. The van der Waals surface area contributed by atoms with Crippen molar-refractivity contribution in [3.05, 3.63) is 53.6 Å². The van der Waals surface area contributed by atoms with Crippen molar-refractivity contribution in [2.75, 3.05) is 13.2 Å². The first-order chi connectivity index (χ1) is 12.7. The molecule has 0 aliphatic heterocycles. The quantitative estimate of drug-likeness (QED) is 0.747. The van der Waals surface area contributed by atoms with E-state index in [0.717, 1.165) is 11.1 Å². The molecule has 0 fully saturated rings. The summed E-state index contributed by atoms with van der Waals surface area (Å²) in [5.41, 5.74) is 1.81. The number of nitrogens with one attached hydrogen (secondary N) is 1. The maximum absolute atomic E-state index is 12.3. The normalized spacial score (nSPS) is 11.3. The maximum Gasteiger partial charge on any atom is 0.271 e. The third-order valence-electron chi connectivity index (χ3n) is 3.80. The summed E-state index contributed by atoms with van der Waals surface area (Å²) in [6.07, 6.45) is 0. The van der Waals surface area contributed by atoms with Crippen LogP contribution in [-0.4, -0.2) is 27.5 Å². The molecule has 2 aromatic rings. The summed E-state index contributed by atoms with van der Waals surface area (Å²) in [5, 5.41) is 0. The highest BCUT2D eigenvalue weighted by atomic mass is 32.2. The van der Waals surface area contributed by atoms with Crippen LogP contribution < -0.4 is 14.2 Å². The van der Waals surface area contributed by atoms with Crippen LogP contribution in [0.15, 0.2) is 47.4 Å². The molecule has 1 N–H and O–H groups in total. The lowest BCUT2D eigenvalue weighted by Crippen LogP contribution is -2.34. The minimum absolute atomic E-state index is 0.0445. The number of ether oxygens (including phenoxy) is 2. The predicted octanol–water partition coefficient (Wildman–Crippen LogP) is 3.22. The molecule has 1 amide bonds. The van der Waals surface area contributed by atoms with Crippen LogP contribution in [0.5, 0.6) is 11.5 Å². The van der Waals surface area contributed by atoms with Gasteiger partial charge in [-0.25, -0.2) is 13.1 Å². The first-order valence-corrected chi connectivity index (χ1v) is 10.1. The molecular formula is C20H25NO5S. The molecule has 2 aromatic carbocycles. The highest BCUT2D eigenvalue weighted by molar-refractivity contribution is 7.90. The van der Waals surface area contributed by atoms with E-state index in [2.05, 4.69) is 0 Å². The summed E-state index contributed by atoms with van der Waals surface area (Å²) < 4.78 is 37.6. The van der Waals surface area contributed by atoms with Crippen molar-refractivity contribution in [3.8, 4) is 11.5 Å². The molecule has 0 atom stereocenters. The van der Waals surface area contributed by atoms with E-state index in [9.17, 15) is 13.2 Å². The highest BCUT2D eigenvalue weighted by Gasteiger charge is 2.18. The second-order valence-corrected chi connectivity index (χ2v) is 8.43. The van der Waals surface area contributed by atoms with Crippen LogP contribution in [0.4, 0.5) is 0 Å². The van der Waals surface area contributed by atoms with Crippen molar-refractivity contribution >= 4 is 15.9 Å². The molecule has 0 unspecified atom stereocenters. The van der Waals surface area contributed by atoms with Gasteiger partial charge < -0.3 is 9.47 Å². The van der Waals surface area contributed by atoms with Gasteiger partial charge >= 0.3 is 0 Å². The van der Waals surface area contributed by atoms with Crippen molar-refractivity contribution in [1.82, 2.24) is 4.72 Å². The lowest BCUT2D eigenvalue weighted by Gasteiger charge is -2.11. The van der Waals surface area contributed by atoms with Gasteiger partial charge in [-0.05, 0) is 55.2 Å². The second-order valence-electron chi connectivity index (χ2n) is 6.74. The van der Waals surface area contributed by atoms with Gasteiger partial charge in [0.1, 0.15) is 11.5 Å². The summed E-state index contributed by atoms with van der Waals surface area (Å²) in [6, 6.07) is 11.6. The van der Waals surface area contributed by atoms with Gasteiger partial charge in [0, 0.05) is 6.07 Å². The summed E-state index contributed by atoms with van der Waals surface area (Å²) in [6.45, 7) is 7.93. The first-order valence-electron chi connectivity index (χ1n) is 8.66. The standard InChI is InChI=1S/C20H25NO5S/c1-14(2)12-25-17-6-5-7-18(11-17)26-13-20(22)21-27(23,24)19-9-8-15(3)16(4)10-19/h5-11,14H,12-13H2,1-4H3,(H,21,22). The molecule has 0 radical (unpaired) electrons. The molecule has 146 valence electrons. The SMILES string of the molecule is Cc1ccc(S(=O)(=O)NC(=O)COc2cccc(OCC(C)C)c2)cc1C. The minimum Gasteiger partial charge on any atom is -0.493 e. The third kappa shape index (κ3) is 6.29. The Hall–Kier alpha value is -2.54.